The zero-order chi connectivity index (χ0) is 18.8. The molecule has 0 unspecified atom stereocenters. The van der Waals surface area contributed by atoms with Gasteiger partial charge in [-0.1, -0.05) is 0 Å². The number of methoxy groups -OCH3 is 1. The molecular formula is C18H24N2O5. The Morgan fingerprint density at radius 3 is 2.52 bits per heavy atom. The Kier molecular flexibility index (Phi) is 5.35. The number of ether oxygens (including phenoxy) is 3. The SMILES string of the molecule is CCOC(=O)Cc1cn(C(=O)OC(C)(C)C)c2cc(C)c(OC)nc12. The molecule has 2 aromatic rings. The van der Waals surface area contributed by atoms with Crippen LogP contribution in [0.1, 0.15) is 38.8 Å². The van der Waals surface area contributed by atoms with E-state index in [1.54, 1.807) is 40.0 Å². The second-order valence-corrected chi connectivity index (χ2v) is 6.67. The molecule has 0 radical (unpaired) electrons. The number of rotatable bonds is 4. The van der Waals surface area contributed by atoms with Crippen molar-refractivity contribution in [2.45, 2.75) is 46.6 Å². The Morgan fingerprint density at radius 2 is 1.96 bits per heavy atom. The maximum Gasteiger partial charge on any atom is 0.419 e. The zero-order valence-electron chi connectivity index (χ0n) is 15.5. The molecule has 0 aliphatic heterocycles. The zero-order valence-corrected chi connectivity index (χ0v) is 15.5. The van der Waals surface area contributed by atoms with Crippen molar-refractivity contribution in [2.24, 2.45) is 0 Å². The van der Waals surface area contributed by atoms with E-state index in [1.807, 2.05) is 6.92 Å². The smallest absolute Gasteiger partial charge is 0.419 e. The number of aryl methyl sites for hydroxylation is 1. The molecule has 0 aliphatic carbocycles. The number of carbonyl (C=O) groups excluding carboxylic acids is 2. The first-order valence-electron chi connectivity index (χ1n) is 8.10. The number of hydrogen-bond donors (Lipinski definition) is 0. The van der Waals surface area contributed by atoms with Crippen molar-refractivity contribution in [1.82, 2.24) is 9.55 Å². The fraction of sp³-hybridized carbons (Fsp3) is 0.500. The first-order valence-corrected chi connectivity index (χ1v) is 8.10. The largest absolute Gasteiger partial charge is 0.481 e. The van der Waals surface area contributed by atoms with Gasteiger partial charge in [-0.05, 0) is 40.7 Å². The second-order valence-electron chi connectivity index (χ2n) is 6.67. The Labute approximate surface area is 146 Å². The van der Waals surface area contributed by atoms with E-state index in [2.05, 4.69) is 4.98 Å². The highest BCUT2D eigenvalue weighted by Gasteiger charge is 2.23. The maximum atomic E-state index is 12.5. The van der Waals surface area contributed by atoms with E-state index in [-0.39, 0.29) is 12.4 Å². The number of carbonyl (C=O) groups is 2. The summed E-state index contributed by atoms with van der Waals surface area (Å²) in [6.07, 6.45) is 1.06. The monoisotopic (exact) mass is 348 g/mol. The second kappa shape index (κ2) is 7.13. The molecule has 0 saturated carbocycles. The minimum Gasteiger partial charge on any atom is -0.481 e. The van der Waals surface area contributed by atoms with Crippen molar-refractivity contribution in [3.63, 3.8) is 0 Å². The fourth-order valence-electron chi connectivity index (χ4n) is 2.45. The first-order chi connectivity index (χ1) is 11.7. The van der Waals surface area contributed by atoms with Crippen LogP contribution >= 0.6 is 0 Å². The van der Waals surface area contributed by atoms with Gasteiger partial charge in [-0.3, -0.25) is 9.36 Å². The average molecular weight is 348 g/mol. The molecular weight excluding hydrogens is 324 g/mol. The van der Waals surface area contributed by atoms with Crippen molar-refractivity contribution in [3.05, 3.63) is 23.4 Å². The van der Waals surface area contributed by atoms with Crippen molar-refractivity contribution >= 4 is 23.1 Å². The molecule has 0 aromatic carbocycles. The molecule has 7 nitrogen and oxygen atoms in total. The van der Waals surface area contributed by atoms with Gasteiger partial charge in [-0.15, -0.1) is 0 Å². The van der Waals surface area contributed by atoms with Crippen LogP contribution in [0.15, 0.2) is 12.3 Å². The maximum absolute atomic E-state index is 12.5. The van der Waals surface area contributed by atoms with Crippen molar-refractivity contribution in [2.75, 3.05) is 13.7 Å². The normalized spacial score (nSPS) is 11.4. The summed E-state index contributed by atoms with van der Waals surface area (Å²) in [5.74, 6) is 0.0617. The Bertz CT molecular complexity index is 802. The van der Waals surface area contributed by atoms with Gasteiger partial charge in [-0.25, -0.2) is 9.78 Å². The number of fused-ring (bicyclic) bond motifs is 1. The first kappa shape index (κ1) is 18.8. The van der Waals surface area contributed by atoms with Crippen molar-refractivity contribution in [3.8, 4) is 5.88 Å². The lowest BCUT2D eigenvalue weighted by Gasteiger charge is -2.19. The van der Waals surface area contributed by atoms with Crippen LogP contribution in [-0.4, -0.2) is 40.9 Å². The van der Waals surface area contributed by atoms with E-state index in [0.717, 1.165) is 5.56 Å². The summed E-state index contributed by atoms with van der Waals surface area (Å²) >= 11 is 0. The molecule has 0 saturated heterocycles. The average Bonchev–Trinajstić information content (AvgIpc) is 2.82. The lowest BCUT2D eigenvalue weighted by Crippen LogP contribution is -2.26. The number of esters is 1. The molecule has 0 aliphatic rings. The van der Waals surface area contributed by atoms with Gasteiger partial charge in [-0.2, -0.15) is 0 Å². The summed E-state index contributed by atoms with van der Waals surface area (Å²) in [7, 11) is 1.52. The molecule has 7 heteroatoms. The topological polar surface area (TPSA) is 79.7 Å². The number of nitrogens with zero attached hydrogens (tertiary/aromatic N) is 2. The van der Waals surface area contributed by atoms with Crippen LogP contribution in [-0.2, 0) is 20.7 Å². The van der Waals surface area contributed by atoms with E-state index < -0.39 is 11.7 Å². The Hall–Kier alpha value is -2.57. The van der Waals surface area contributed by atoms with E-state index in [1.165, 1.54) is 11.7 Å². The van der Waals surface area contributed by atoms with E-state index >= 15 is 0 Å². The number of aromatic nitrogens is 2. The summed E-state index contributed by atoms with van der Waals surface area (Å²) in [5.41, 5.74) is 1.80. The van der Waals surface area contributed by atoms with Crippen LogP contribution in [0.2, 0.25) is 0 Å². The minimum atomic E-state index is -0.635. The van der Waals surface area contributed by atoms with Crippen LogP contribution in [0.25, 0.3) is 11.0 Å². The quantitative estimate of drug-likeness (QED) is 0.789. The van der Waals surface area contributed by atoms with E-state index in [4.69, 9.17) is 14.2 Å². The van der Waals surface area contributed by atoms with E-state index in [0.29, 0.717) is 29.1 Å². The highest BCUT2D eigenvalue weighted by molar-refractivity contribution is 5.92. The molecule has 0 atom stereocenters. The minimum absolute atomic E-state index is 0.0132. The molecule has 2 rings (SSSR count). The van der Waals surface area contributed by atoms with Gasteiger partial charge in [0.25, 0.3) is 0 Å². The van der Waals surface area contributed by atoms with Gasteiger partial charge < -0.3 is 14.2 Å². The lowest BCUT2D eigenvalue weighted by atomic mass is 10.2. The lowest BCUT2D eigenvalue weighted by molar-refractivity contribution is -0.142. The standard InChI is InChI=1S/C18H24N2O5/c1-7-24-14(21)9-12-10-20(17(22)25-18(3,4)5)13-8-11(2)16(23-6)19-15(12)13/h8,10H,7,9H2,1-6H3. The molecule has 25 heavy (non-hydrogen) atoms. The van der Waals surface area contributed by atoms with E-state index in [9.17, 15) is 9.59 Å². The van der Waals surface area contributed by atoms with Gasteiger partial charge in [0.2, 0.25) is 5.88 Å². The molecule has 0 N–H and O–H groups in total. The van der Waals surface area contributed by atoms with Crippen LogP contribution in [0, 0.1) is 6.92 Å². The fourth-order valence-corrected chi connectivity index (χ4v) is 2.45. The van der Waals surface area contributed by atoms with Crippen LogP contribution < -0.4 is 4.74 Å². The summed E-state index contributed by atoms with van der Waals surface area (Å²) in [6, 6.07) is 1.79. The molecule has 0 spiro atoms. The summed E-state index contributed by atoms with van der Waals surface area (Å²) in [6.45, 7) is 9.25. The highest BCUT2D eigenvalue weighted by Crippen LogP contribution is 2.27. The van der Waals surface area contributed by atoms with Crippen molar-refractivity contribution < 1.29 is 23.8 Å². The van der Waals surface area contributed by atoms with Gasteiger partial charge >= 0.3 is 12.1 Å². The predicted molar refractivity (Wildman–Crippen MR) is 93.0 cm³/mol. The molecule has 2 heterocycles. The third-order valence-electron chi connectivity index (χ3n) is 3.42. The van der Waals surface area contributed by atoms with Crippen LogP contribution in [0.5, 0.6) is 5.88 Å². The number of hydrogen-bond acceptors (Lipinski definition) is 6. The summed E-state index contributed by atoms with van der Waals surface area (Å²) < 4.78 is 17.1. The molecule has 0 fully saturated rings. The molecule has 0 bridgehead atoms. The van der Waals surface area contributed by atoms with Gasteiger partial charge in [0, 0.05) is 17.3 Å². The van der Waals surface area contributed by atoms with Crippen molar-refractivity contribution in [1.29, 1.82) is 0 Å². The number of pyridine rings is 1. The molecule has 2 aromatic heterocycles. The third-order valence-corrected chi connectivity index (χ3v) is 3.42. The third kappa shape index (κ3) is 4.29. The van der Waals surface area contributed by atoms with Crippen LogP contribution in [0.3, 0.4) is 0 Å². The predicted octanol–water partition coefficient (Wildman–Crippen LogP) is 3.24. The van der Waals surface area contributed by atoms with Gasteiger partial charge in [0.05, 0.1) is 31.2 Å². The molecule has 0 amide bonds. The Balaban J connectivity index is 2.56. The van der Waals surface area contributed by atoms with Gasteiger partial charge in [0.1, 0.15) is 5.60 Å². The van der Waals surface area contributed by atoms with Crippen LogP contribution in [0.4, 0.5) is 4.79 Å². The Morgan fingerprint density at radius 1 is 1.28 bits per heavy atom. The van der Waals surface area contributed by atoms with Gasteiger partial charge in [0.15, 0.2) is 0 Å². The summed E-state index contributed by atoms with van der Waals surface area (Å²) in [5, 5.41) is 0. The summed E-state index contributed by atoms with van der Waals surface area (Å²) in [4.78, 5) is 28.9. The molecule has 136 valence electrons. The highest BCUT2D eigenvalue weighted by atomic mass is 16.6.